The Bertz CT molecular complexity index is 426. The summed E-state index contributed by atoms with van der Waals surface area (Å²) >= 11 is 5.89. The fraction of sp³-hybridized carbons (Fsp3) is 0.0769. The van der Waals surface area contributed by atoms with E-state index in [1.165, 1.54) is 0 Å². The molecule has 1 aromatic carbocycles. The van der Waals surface area contributed by atoms with Gasteiger partial charge in [0.25, 0.3) is 0 Å². The molecule has 0 saturated carbocycles. The summed E-state index contributed by atoms with van der Waals surface area (Å²) in [6.45, 7) is 0. The number of aromatic nitrogens is 1. The summed E-state index contributed by atoms with van der Waals surface area (Å²) in [6, 6.07) is 13.7. The molecule has 2 heteroatoms. The summed E-state index contributed by atoms with van der Waals surface area (Å²) in [4.78, 5) is 4.25. The zero-order valence-corrected chi connectivity index (χ0v) is 8.98. The topological polar surface area (TPSA) is 12.9 Å². The van der Waals surface area contributed by atoms with Crippen LogP contribution in [-0.2, 0) is 6.42 Å². The molecule has 0 atom stereocenters. The van der Waals surface area contributed by atoms with E-state index in [1.807, 2.05) is 42.5 Å². The third-order valence-corrected chi connectivity index (χ3v) is 2.36. The summed E-state index contributed by atoms with van der Waals surface area (Å²) in [5.74, 6) is 0. The molecule has 0 aliphatic heterocycles. The Morgan fingerprint density at radius 3 is 2.80 bits per heavy atom. The van der Waals surface area contributed by atoms with Crippen LogP contribution in [0.5, 0.6) is 0 Å². The van der Waals surface area contributed by atoms with Gasteiger partial charge in [-0.3, -0.25) is 4.98 Å². The van der Waals surface area contributed by atoms with Gasteiger partial charge in [-0.05, 0) is 42.7 Å². The lowest BCUT2D eigenvalue weighted by Crippen LogP contribution is -1.90. The number of halogens is 1. The number of benzene rings is 1. The van der Waals surface area contributed by atoms with Crippen molar-refractivity contribution < 1.29 is 0 Å². The second-order valence-electron chi connectivity index (χ2n) is 3.28. The number of nitrogens with zero attached hydrogens (tertiary/aromatic N) is 1. The molecule has 0 amide bonds. The van der Waals surface area contributed by atoms with Crippen LogP contribution in [0, 0.1) is 6.42 Å². The Morgan fingerprint density at radius 2 is 2.07 bits per heavy atom. The highest BCUT2D eigenvalue weighted by atomic mass is 35.5. The fourth-order valence-corrected chi connectivity index (χ4v) is 1.57. The van der Waals surface area contributed by atoms with Crippen molar-refractivity contribution in [1.29, 1.82) is 0 Å². The molecular formula is C13H11ClN. The van der Waals surface area contributed by atoms with E-state index in [0.717, 1.165) is 22.7 Å². The Hall–Kier alpha value is -1.34. The highest BCUT2D eigenvalue weighted by Gasteiger charge is 1.97. The van der Waals surface area contributed by atoms with E-state index in [1.54, 1.807) is 6.20 Å². The van der Waals surface area contributed by atoms with Gasteiger partial charge >= 0.3 is 0 Å². The van der Waals surface area contributed by atoms with Crippen molar-refractivity contribution in [3.63, 3.8) is 0 Å². The summed E-state index contributed by atoms with van der Waals surface area (Å²) in [6.07, 6.45) is 4.76. The minimum Gasteiger partial charge on any atom is -0.261 e. The molecule has 0 N–H and O–H groups in total. The van der Waals surface area contributed by atoms with Gasteiger partial charge in [-0.15, -0.1) is 0 Å². The molecule has 0 bridgehead atoms. The minimum absolute atomic E-state index is 0.768. The molecule has 75 valence electrons. The predicted molar refractivity (Wildman–Crippen MR) is 62.8 cm³/mol. The van der Waals surface area contributed by atoms with Crippen LogP contribution >= 0.6 is 11.6 Å². The molecule has 1 radical (unpaired) electrons. The van der Waals surface area contributed by atoms with E-state index in [9.17, 15) is 0 Å². The summed E-state index contributed by atoms with van der Waals surface area (Å²) in [7, 11) is 0. The Balaban J connectivity index is 1.99. The minimum atomic E-state index is 0.768. The van der Waals surface area contributed by atoms with Crippen molar-refractivity contribution in [2.45, 2.75) is 6.42 Å². The van der Waals surface area contributed by atoms with Gasteiger partial charge < -0.3 is 0 Å². The molecule has 0 aliphatic rings. The van der Waals surface area contributed by atoms with Crippen molar-refractivity contribution in [3.05, 3.63) is 71.4 Å². The van der Waals surface area contributed by atoms with E-state index >= 15 is 0 Å². The lowest BCUT2D eigenvalue weighted by atomic mass is 10.1. The normalized spacial score (nSPS) is 10.2. The van der Waals surface area contributed by atoms with Crippen molar-refractivity contribution in [2.75, 3.05) is 0 Å². The van der Waals surface area contributed by atoms with Crippen LogP contribution in [0.4, 0.5) is 0 Å². The van der Waals surface area contributed by atoms with Gasteiger partial charge in [0.1, 0.15) is 0 Å². The van der Waals surface area contributed by atoms with Crippen LogP contribution in [0.3, 0.4) is 0 Å². The van der Waals surface area contributed by atoms with Gasteiger partial charge in [-0.25, -0.2) is 0 Å². The third kappa shape index (κ3) is 3.07. The first kappa shape index (κ1) is 10.2. The van der Waals surface area contributed by atoms with Crippen LogP contribution < -0.4 is 0 Å². The monoisotopic (exact) mass is 216 g/mol. The SMILES string of the molecule is Clc1cccc([CH]Cc2ccccn2)c1. The molecular weight excluding hydrogens is 206 g/mol. The third-order valence-electron chi connectivity index (χ3n) is 2.12. The maximum absolute atomic E-state index is 5.89. The van der Waals surface area contributed by atoms with Crippen molar-refractivity contribution in [1.82, 2.24) is 4.98 Å². The molecule has 15 heavy (non-hydrogen) atoms. The smallest absolute Gasteiger partial charge is 0.0409 e. The second kappa shape index (κ2) is 4.94. The second-order valence-corrected chi connectivity index (χ2v) is 3.72. The molecule has 0 spiro atoms. The number of hydrogen-bond acceptors (Lipinski definition) is 1. The first-order valence-corrected chi connectivity index (χ1v) is 5.21. The Morgan fingerprint density at radius 1 is 1.13 bits per heavy atom. The Kier molecular flexibility index (Phi) is 3.36. The van der Waals surface area contributed by atoms with Gasteiger partial charge in [0.15, 0.2) is 0 Å². The van der Waals surface area contributed by atoms with Crippen LogP contribution in [0.25, 0.3) is 0 Å². The van der Waals surface area contributed by atoms with Crippen LogP contribution in [0.1, 0.15) is 11.3 Å². The average molecular weight is 217 g/mol. The lowest BCUT2D eigenvalue weighted by molar-refractivity contribution is 1.06. The summed E-state index contributed by atoms with van der Waals surface area (Å²) in [5, 5.41) is 0.768. The molecule has 0 saturated heterocycles. The van der Waals surface area contributed by atoms with E-state index in [2.05, 4.69) is 11.4 Å². The highest BCUT2D eigenvalue weighted by molar-refractivity contribution is 6.30. The maximum Gasteiger partial charge on any atom is 0.0409 e. The predicted octanol–water partition coefficient (Wildman–Crippen LogP) is 3.53. The first-order valence-electron chi connectivity index (χ1n) is 4.83. The van der Waals surface area contributed by atoms with E-state index in [-0.39, 0.29) is 0 Å². The molecule has 0 unspecified atom stereocenters. The van der Waals surface area contributed by atoms with Crippen molar-refractivity contribution >= 4 is 11.6 Å². The standard InChI is InChI=1S/C13H11ClN/c14-12-5-3-4-11(10-12)7-8-13-6-1-2-9-15-13/h1-7,9-10H,8H2. The summed E-state index contributed by atoms with van der Waals surface area (Å²) < 4.78 is 0. The fourth-order valence-electron chi connectivity index (χ4n) is 1.37. The molecule has 2 aromatic rings. The van der Waals surface area contributed by atoms with Crippen molar-refractivity contribution in [3.8, 4) is 0 Å². The molecule has 0 aliphatic carbocycles. The molecule has 1 heterocycles. The lowest BCUT2D eigenvalue weighted by Gasteiger charge is -2.01. The van der Waals surface area contributed by atoms with Gasteiger partial charge in [-0.2, -0.15) is 0 Å². The van der Waals surface area contributed by atoms with E-state index in [4.69, 9.17) is 11.6 Å². The van der Waals surface area contributed by atoms with Crippen LogP contribution in [0.15, 0.2) is 48.7 Å². The highest BCUT2D eigenvalue weighted by Crippen LogP contribution is 2.13. The van der Waals surface area contributed by atoms with Crippen molar-refractivity contribution in [2.24, 2.45) is 0 Å². The molecule has 1 nitrogen and oxygen atoms in total. The van der Waals surface area contributed by atoms with E-state index in [0.29, 0.717) is 0 Å². The van der Waals surface area contributed by atoms with Gasteiger partial charge in [0, 0.05) is 16.9 Å². The van der Waals surface area contributed by atoms with Crippen LogP contribution in [-0.4, -0.2) is 4.98 Å². The van der Waals surface area contributed by atoms with Gasteiger partial charge in [0.2, 0.25) is 0 Å². The zero-order valence-electron chi connectivity index (χ0n) is 8.23. The zero-order chi connectivity index (χ0) is 10.5. The summed E-state index contributed by atoms with van der Waals surface area (Å²) in [5.41, 5.74) is 2.20. The van der Waals surface area contributed by atoms with Crippen LogP contribution in [0.2, 0.25) is 5.02 Å². The van der Waals surface area contributed by atoms with Gasteiger partial charge in [0.05, 0.1) is 0 Å². The van der Waals surface area contributed by atoms with E-state index < -0.39 is 0 Å². The number of rotatable bonds is 3. The average Bonchev–Trinajstić information content (AvgIpc) is 2.28. The maximum atomic E-state index is 5.89. The first-order chi connectivity index (χ1) is 7.34. The largest absolute Gasteiger partial charge is 0.261 e. The number of hydrogen-bond donors (Lipinski definition) is 0. The molecule has 2 rings (SSSR count). The quantitative estimate of drug-likeness (QED) is 0.765. The van der Waals surface area contributed by atoms with Gasteiger partial charge in [-0.1, -0.05) is 29.8 Å². The molecule has 0 fully saturated rings. The number of pyridine rings is 1. The Labute approximate surface area is 94.7 Å². The molecule has 1 aromatic heterocycles.